The summed E-state index contributed by atoms with van der Waals surface area (Å²) in [4.78, 5) is 15.9. The first-order valence-corrected chi connectivity index (χ1v) is 8.78. The minimum absolute atomic E-state index is 0.334. The van der Waals surface area contributed by atoms with Gasteiger partial charge in [-0.05, 0) is 37.8 Å². The van der Waals surface area contributed by atoms with E-state index >= 15 is 0 Å². The molecule has 2 saturated heterocycles. The number of hydrogen-bond donors (Lipinski definition) is 0. The lowest BCUT2D eigenvalue weighted by molar-refractivity contribution is -0.137. The Kier molecular flexibility index (Phi) is 4.86. The van der Waals surface area contributed by atoms with Gasteiger partial charge in [0.1, 0.15) is 0 Å². The smallest absolute Gasteiger partial charge is 0.223 e. The molecular formula is C17H23NO2S. The molecule has 0 aromatic heterocycles. The highest BCUT2D eigenvalue weighted by molar-refractivity contribution is 7.99. The van der Waals surface area contributed by atoms with Crippen molar-refractivity contribution >= 4 is 17.7 Å². The topological polar surface area (TPSA) is 29.5 Å². The number of ether oxygens (including phenoxy) is 1. The molecule has 114 valence electrons. The van der Waals surface area contributed by atoms with Crippen LogP contribution in [0.4, 0.5) is 0 Å². The van der Waals surface area contributed by atoms with Crippen molar-refractivity contribution in [3.63, 3.8) is 0 Å². The number of thioether (sulfide) groups is 1. The summed E-state index contributed by atoms with van der Waals surface area (Å²) < 4.78 is 5.50. The maximum absolute atomic E-state index is 12.5. The highest BCUT2D eigenvalue weighted by atomic mass is 32.2. The first-order valence-electron chi connectivity index (χ1n) is 7.79. The van der Waals surface area contributed by atoms with Gasteiger partial charge in [0.2, 0.25) is 5.91 Å². The molecular weight excluding hydrogens is 282 g/mol. The van der Waals surface area contributed by atoms with Gasteiger partial charge in [-0.15, -0.1) is 11.8 Å². The van der Waals surface area contributed by atoms with Crippen LogP contribution in [-0.2, 0) is 9.53 Å². The zero-order chi connectivity index (χ0) is 14.7. The van der Waals surface area contributed by atoms with E-state index in [0.717, 1.165) is 31.4 Å². The standard InChI is InChI=1S/C17H23NO2S/c1-20-15-11-13-7-8-14(12-15)18(13)17(19)9-10-21-16-5-3-2-4-6-16/h2-6,13-15H,7-12H2,1H3. The number of carbonyl (C=O) groups excluding carboxylic acids is 1. The SMILES string of the molecule is COC1CC2CCC(C1)N2C(=O)CCSc1ccccc1. The van der Waals surface area contributed by atoms with Crippen LogP contribution in [0.25, 0.3) is 0 Å². The Labute approximate surface area is 131 Å². The average Bonchev–Trinajstić information content (AvgIpc) is 2.78. The van der Waals surface area contributed by atoms with Crippen molar-refractivity contribution in [3.05, 3.63) is 30.3 Å². The summed E-state index contributed by atoms with van der Waals surface area (Å²) in [6.45, 7) is 0. The molecule has 2 aliphatic heterocycles. The molecule has 2 bridgehead atoms. The maximum atomic E-state index is 12.5. The molecule has 2 unspecified atom stereocenters. The van der Waals surface area contributed by atoms with E-state index in [9.17, 15) is 4.79 Å². The predicted octanol–water partition coefficient (Wildman–Crippen LogP) is 3.34. The molecule has 0 radical (unpaired) electrons. The third-order valence-corrected chi connectivity index (χ3v) is 5.65. The van der Waals surface area contributed by atoms with Crippen molar-refractivity contribution in [2.45, 2.75) is 55.2 Å². The summed E-state index contributed by atoms with van der Waals surface area (Å²) >= 11 is 1.77. The van der Waals surface area contributed by atoms with Crippen LogP contribution in [0.2, 0.25) is 0 Å². The highest BCUT2D eigenvalue weighted by Gasteiger charge is 2.42. The molecule has 0 spiro atoms. The Bertz CT molecular complexity index is 465. The monoisotopic (exact) mass is 305 g/mol. The quantitative estimate of drug-likeness (QED) is 0.781. The summed E-state index contributed by atoms with van der Waals surface area (Å²) in [7, 11) is 1.79. The van der Waals surface area contributed by atoms with Gasteiger partial charge in [0.05, 0.1) is 6.10 Å². The molecule has 2 aliphatic rings. The number of nitrogens with zero attached hydrogens (tertiary/aromatic N) is 1. The Balaban J connectivity index is 1.50. The van der Waals surface area contributed by atoms with Gasteiger partial charge in [-0.25, -0.2) is 0 Å². The second-order valence-corrected chi connectivity index (χ2v) is 7.09. The molecule has 21 heavy (non-hydrogen) atoms. The molecule has 1 aromatic rings. The van der Waals surface area contributed by atoms with Crippen molar-refractivity contribution in [2.24, 2.45) is 0 Å². The fraction of sp³-hybridized carbons (Fsp3) is 0.588. The molecule has 0 aliphatic carbocycles. The summed E-state index contributed by atoms with van der Waals surface area (Å²) in [5.74, 6) is 1.20. The molecule has 0 N–H and O–H groups in total. The van der Waals surface area contributed by atoms with Crippen LogP contribution in [0.3, 0.4) is 0 Å². The lowest BCUT2D eigenvalue weighted by atomic mass is 9.99. The molecule has 2 atom stereocenters. The van der Waals surface area contributed by atoms with Crippen molar-refractivity contribution in [1.82, 2.24) is 4.90 Å². The number of piperidine rings is 1. The van der Waals surface area contributed by atoms with Gasteiger partial charge in [0.25, 0.3) is 0 Å². The predicted molar refractivity (Wildman–Crippen MR) is 85.5 cm³/mol. The minimum Gasteiger partial charge on any atom is -0.381 e. The number of carbonyl (C=O) groups is 1. The number of methoxy groups -OCH3 is 1. The van der Waals surface area contributed by atoms with E-state index in [-0.39, 0.29) is 0 Å². The average molecular weight is 305 g/mol. The summed E-state index contributed by atoms with van der Waals surface area (Å²) in [5.41, 5.74) is 0. The first-order chi connectivity index (χ1) is 10.3. The molecule has 3 nitrogen and oxygen atoms in total. The van der Waals surface area contributed by atoms with E-state index in [0.29, 0.717) is 30.5 Å². The molecule has 0 saturated carbocycles. The second kappa shape index (κ2) is 6.84. The van der Waals surface area contributed by atoms with E-state index in [4.69, 9.17) is 4.74 Å². The van der Waals surface area contributed by atoms with Crippen LogP contribution in [0, 0.1) is 0 Å². The van der Waals surface area contributed by atoms with E-state index < -0.39 is 0 Å². The van der Waals surface area contributed by atoms with Gasteiger partial charge in [-0.2, -0.15) is 0 Å². The van der Waals surface area contributed by atoms with Crippen LogP contribution < -0.4 is 0 Å². The van der Waals surface area contributed by atoms with E-state index in [1.165, 1.54) is 4.90 Å². The number of benzene rings is 1. The van der Waals surface area contributed by atoms with Gasteiger partial charge < -0.3 is 9.64 Å². The fourth-order valence-corrected chi connectivity index (χ4v) is 4.49. The highest BCUT2D eigenvalue weighted by Crippen LogP contribution is 2.37. The number of fused-ring (bicyclic) bond motifs is 2. The van der Waals surface area contributed by atoms with Crippen molar-refractivity contribution in [2.75, 3.05) is 12.9 Å². The Morgan fingerprint density at radius 3 is 2.52 bits per heavy atom. The maximum Gasteiger partial charge on any atom is 0.223 e. The van der Waals surface area contributed by atoms with Crippen LogP contribution in [0.1, 0.15) is 32.1 Å². The third kappa shape index (κ3) is 3.43. The van der Waals surface area contributed by atoms with E-state index in [1.54, 1.807) is 18.9 Å². The minimum atomic E-state index is 0.334. The molecule has 2 heterocycles. The van der Waals surface area contributed by atoms with E-state index in [1.807, 2.05) is 18.2 Å². The Morgan fingerprint density at radius 2 is 1.90 bits per heavy atom. The number of rotatable bonds is 5. The molecule has 2 fully saturated rings. The van der Waals surface area contributed by atoms with Crippen molar-refractivity contribution < 1.29 is 9.53 Å². The van der Waals surface area contributed by atoms with Crippen LogP contribution >= 0.6 is 11.8 Å². The van der Waals surface area contributed by atoms with Crippen molar-refractivity contribution in [1.29, 1.82) is 0 Å². The van der Waals surface area contributed by atoms with Gasteiger partial charge in [0, 0.05) is 36.3 Å². The first kappa shape index (κ1) is 14.9. The molecule has 4 heteroatoms. The molecule has 3 rings (SSSR count). The van der Waals surface area contributed by atoms with E-state index in [2.05, 4.69) is 17.0 Å². The molecule has 1 aromatic carbocycles. The fourth-order valence-electron chi connectivity index (χ4n) is 3.63. The Morgan fingerprint density at radius 1 is 1.24 bits per heavy atom. The van der Waals surface area contributed by atoms with Gasteiger partial charge in [-0.3, -0.25) is 4.79 Å². The molecule has 1 amide bonds. The second-order valence-electron chi connectivity index (χ2n) is 5.93. The number of amides is 1. The van der Waals surface area contributed by atoms with Gasteiger partial charge in [-0.1, -0.05) is 18.2 Å². The zero-order valence-electron chi connectivity index (χ0n) is 12.5. The zero-order valence-corrected chi connectivity index (χ0v) is 13.3. The van der Waals surface area contributed by atoms with Crippen LogP contribution in [0.5, 0.6) is 0 Å². The summed E-state index contributed by atoms with van der Waals surface area (Å²) in [6, 6.07) is 11.1. The lowest BCUT2D eigenvalue weighted by Crippen LogP contribution is -2.48. The third-order valence-electron chi connectivity index (χ3n) is 4.64. The van der Waals surface area contributed by atoms with Crippen LogP contribution in [0.15, 0.2) is 35.2 Å². The summed E-state index contributed by atoms with van der Waals surface area (Å²) in [6.07, 6.45) is 5.34. The van der Waals surface area contributed by atoms with Gasteiger partial charge in [0.15, 0.2) is 0 Å². The normalized spacial score (nSPS) is 27.9. The van der Waals surface area contributed by atoms with Gasteiger partial charge >= 0.3 is 0 Å². The largest absolute Gasteiger partial charge is 0.381 e. The Hall–Kier alpha value is -1.00. The lowest BCUT2D eigenvalue weighted by Gasteiger charge is -2.38. The van der Waals surface area contributed by atoms with Crippen molar-refractivity contribution in [3.8, 4) is 0 Å². The summed E-state index contributed by atoms with van der Waals surface area (Å²) in [5, 5.41) is 0. The van der Waals surface area contributed by atoms with Crippen LogP contribution in [-0.4, -0.2) is 41.9 Å². The number of hydrogen-bond acceptors (Lipinski definition) is 3.